The summed E-state index contributed by atoms with van der Waals surface area (Å²) in [5.74, 6) is -0.0214. The van der Waals surface area contributed by atoms with Crippen LogP contribution in [0.2, 0.25) is 0 Å². The molecule has 0 fully saturated rings. The first kappa shape index (κ1) is 9.70. The maximum atomic E-state index is 11.0. The molecule has 5 heteroatoms. The van der Waals surface area contributed by atoms with E-state index in [1.165, 1.54) is 0 Å². The molecule has 0 unspecified atom stereocenters. The number of carbonyl (C=O) groups is 1. The molecule has 1 heterocycles. The molecule has 1 amide bonds. The minimum Gasteiger partial charge on any atom is -0.292 e. The monoisotopic (exact) mass is 248 g/mol. The molecular weight excluding hydrogens is 240 g/mol. The van der Waals surface area contributed by atoms with Crippen molar-refractivity contribution in [2.45, 2.75) is 6.42 Å². The first-order chi connectivity index (χ1) is 5.72. The number of halogens is 1. The summed E-state index contributed by atoms with van der Waals surface area (Å²) < 4.78 is 1.05. The molecule has 0 saturated carbocycles. The van der Waals surface area contributed by atoms with Gasteiger partial charge in [-0.05, 0) is 28.1 Å². The standard InChI is InChI=1S/C7H9BrN2OS/c1-9-10-7(11)4-5-2-3-6(8)12-5/h2-3,9H,4H2,1H3,(H,10,11). The van der Waals surface area contributed by atoms with Gasteiger partial charge in [0.1, 0.15) is 0 Å². The first-order valence-corrected chi connectivity index (χ1v) is 5.03. The summed E-state index contributed by atoms with van der Waals surface area (Å²) in [5, 5.41) is 0. The van der Waals surface area contributed by atoms with E-state index >= 15 is 0 Å². The van der Waals surface area contributed by atoms with E-state index < -0.39 is 0 Å². The van der Waals surface area contributed by atoms with Crippen molar-refractivity contribution >= 4 is 33.2 Å². The smallest absolute Gasteiger partial charge is 0.239 e. The lowest BCUT2D eigenvalue weighted by Crippen LogP contribution is -2.35. The van der Waals surface area contributed by atoms with E-state index in [0.29, 0.717) is 6.42 Å². The number of hydrazine groups is 1. The number of nitrogens with one attached hydrogen (secondary N) is 2. The van der Waals surface area contributed by atoms with E-state index in [9.17, 15) is 4.79 Å². The van der Waals surface area contributed by atoms with E-state index in [2.05, 4.69) is 26.8 Å². The second-order valence-corrected chi connectivity index (χ2v) is 4.73. The fourth-order valence-corrected chi connectivity index (χ4v) is 2.27. The van der Waals surface area contributed by atoms with Crippen molar-refractivity contribution in [3.63, 3.8) is 0 Å². The molecule has 1 aromatic rings. The normalized spacial score (nSPS) is 9.83. The zero-order valence-corrected chi connectivity index (χ0v) is 8.96. The minimum atomic E-state index is -0.0214. The minimum absolute atomic E-state index is 0.0214. The third-order valence-electron chi connectivity index (χ3n) is 1.23. The first-order valence-electron chi connectivity index (χ1n) is 3.42. The SMILES string of the molecule is CNNC(=O)Cc1ccc(Br)s1. The second kappa shape index (κ2) is 4.59. The Balaban J connectivity index is 2.46. The Kier molecular flexibility index (Phi) is 3.71. The largest absolute Gasteiger partial charge is 0.292 e. The van der Waals surface area contributed by atoms with Gasteiger partial charge < -0.3 is 0 Å². The Bertz CT molecular complexity index is 274. The summed E-state index contributed by atoms with van der Waals surface area (Å²) in [4.78, 5) is 12.1. The predicted octanol–water partition coefficient (Wildman–Crippen LogP) is 1.30. The molecule has 0 atom stereocenters. The molecule has 1 aromatic heterocycles. The molecule has 0 aliphatic carbocycles. The van der Waals surface area contributed by atoms with Gasteiger partial charge in [0, 0.05) is 11.9 Å². The van der Waals surface area contributed by atoms with Gasteiger partial charge in [0.15, 0.2) is 0 Å². The predicted molar refractivity (Wildman–Crippen MR) is 52.9 cm³/mol. The molecule has 12 heavy (non-hydrogen) atoms. The van der Waals surface area contributed by atoms with Crippen LogP contribution in [0.1, 0.15) is 4.88 Å². The lowest BCUT2D eigenvalue weighted by Gasteiger charge is -1.99. The molecule has 0 bridgehead atoms. The van der Waals surface area contributed by atoms with Crippen LogP contribution in [-0.4, -0.2) is 13.0 Å². The summed E-state index contributed by atoms with van der Waals surface area (Å²) in [5.41, 5.74) is 5.09. The number of carbonyl (C=O) groups excluding carboxylic acids is 1. The highest BCUT2D eigenvalue weighted by Gasteiger charge is 2.03. The Morgan fingerprint density at radius 1 is 1.67 bits per heavy atom. The maximum Gasteiger partial charge on any atom is 0.239 e. The summed E-state index contributed by atoms with van der Waals surface area (Å²) in [7, 11) is 1.67. The molecule has 0 spiro atoms. The van der Waals surface area contributed by atoms with E-state index in [1.54, 1.807) is 18.4 Å². The van der Waals surface area contributed by atoms with Gasteiger partial charge >= 0.3 is 0 Å². The number of amides is 1. The number of rotatable bonds is 3. The summed E-state index contributed by atoms with van der Waals surface area (Å²) in [6.45, 7) is 0. The van der Waals surface area contributed by atoms with Crippen molar-refractivity contribution in [2.24, 2.45) is 0 Å². The summed E-state index contributed by atoms with van der Waals surface area (Å²) in [6.07, 6.45) is 0.428. The third-order valence-corrected chi connectivity index (χ3v) is 2.85. The molecular formula is C7H9BrN2OS. The van der Waals surface area contributed by atoms with Gasteiger partial charge in [0.05, 0.1) is 10.2 Å². The van der Waals surface area contributed by atoms with Crippen molar-refractivity contribution in [3.05, 3.63) is 20.8 Å². The van der Waals surface area contributed by atoms with Gasteiger partial charge in [-0.2, -0.15) is 0 Å². The van der Waals surface area contributed by atoms with E-state index in [-0.39, 0.29) is 5.91 Å². The van der Waals surface area contributed by atoms with E-state index in [0.717, 1.165) is 8.66 Å². The van der Waals surface area contributed by atoms with Crippen LogP contribution in [0, 0.1) is 0 Å². The van der Waals surface area contributed by atoms with Crippen LogP contribution in [0.25, 0.3) is 0 Å². The Hall–Kier alpha value is -0.390. The van der Waals surface area contributed by atoms with Crippen molar-refractivity contribution < 1.29 is 4.79 Å². The summed E-state index contributed by atoms with van der Waals surface area (Å²) in [6, 6.07) is 3.87. The lowest BCUT2D eigenvalue weighted by atomic mass is 10.3. The van der Waals surface area contributed by atoms with Gasteiger partial charge in [-0.25, -0.2) is 5.43 Å². The van der Waals surface area contributed by atoms with E-state index in [4.69, 9.17) is 0 Å². The molecule has 0 aromatic carbocycles. The average Bonchev–Trinajstić information content (AvgIpc) is 2.36. The zero-order chi connectivity index (χ0) is 8.97. The van der Waals surface area contributed by atoms with Crippen LogP contribution in [0.15, 0.2) is 15.9 Å². The third kappa shape index (κ3) is 2.92. The average molecular weight is 249 g/mol. The van der Waals surface area contributed by atoms with Gasteiger partial charge in [-0.1, -0.05) is 0 Å². The van der Waals surface area contributed by atoms with Gasteiger partial charge in [-0.3, -0.25) is 10.2 Å². The topological polar surface area (TPSA) is 41.1 Å². The molecule has 0 radical (unpaired) electrons. The van der Waals surface area contributed by atoms with Crippen LogP contribution in [0.4, 0.5) is 0 Å². The van der Waals surface area contributed by atoms with Crippen LogP contribution >= 0.6 is 27.3 Å². The van der Waals surface area contributed by atoms with Crippen LogP contribution in [0.5, 0.6) is 0 Å². The van der Waals surface area contributed by atoms with Crippen molar-refractivity contribution in [3.8, 4) is 0 Å². The molecule has 0 saturated heterocycles. The zero-order valence-electron chi connectivity index (χ0n) is 6.56. The van der Waals surface area contributed by atoms with Crippen LogP contribution < -0.4 is 10.9 Å². The quantitative estimate of drug-likeness (QED) is 0.793. The highest BCUT2D eigenvalue weighted by molar-refractivity contribution is 9.11. The fourth-order valence-electron chi connectivity index (χ4n) is 0.789. The number of thiophene rings is 1. The van der Waals surface area contributed by atoms with Gasteiger partial charge in [-0.15, -0.1) is 11.3 Å². The highest BCUT2D eigenvalue weighted by atomic mass is 79.9. The van der Waals surface area contributed by atoms with Crippen LogP contribution in [-0.2, 0) is 11.2 Å². The Labute approximate surface area is 83.3 Å². The molecule has 2 N–H and O–H groups in total. The van der Waals surface area contributed by atoms with Gasteiger partial charge in [0.25, 0.3) is 0 Å². The molecule has 0 aliphatic rings. The molecule has 66 valence electrons. The molecule has 3 nitrogen and oxygen atoms in total. The van der Waals surface area contributed by atoms with E-state index in [1.807, 2.05) is 12.1 Å². The van der Waals surface area contributed by atoms with Crippen molar-refractivity contribution in [2.75, 3.05) is 7.05 Å². The number of hydrogen-bond acceptors (Lipinski definition) is 3. The Morgan fingerprint density at radius 2 is 2.42 bits per heavy atom. The Morgan fingerprint density at radius 3 is 2.92 bits per heavy atom. The maximum absolute atomic E-state index is 11.0. The summed E-state index contributed by atoms with van der Waals surface area (Å²) >= 11 is 4.90. The van der Waals surface area contributed by atoms with Crippen molar-refractivity contribution in [1.82, 2.24) is 10.9 Å². The van der Waals surface area contributed by atoms with Crippen molar-refractivity contribution in [1.29, 1.82) is 0 Å². The number of hydrogen-bond donors (Lipinski definition) is 2. The van der Waals surface area contributed by atoms with Gasteiger partial charge in [0.2, 0.25) is 5.91 Å². The fraction of sp³-hybridized carbons (Fsp3) is 0.286. The molecule has 0 aliphatic heterocycles. The van der Waals surface area contributed by atoms with Crippen LogP contribution in [0.3, 0.4) is 0 Å². The lowest BCUT2D eigenvalue weighted by molar-refractivity contribution is -0.121. The second-order valence-electron chi connectivity index (χ2n) is 2.18. The molecule has 1 rings (SSSR count). The highest BCUT2D eigenvalue weighted by Crippen LogP contribution is 2.22.